The highest BCUT2D eigenvalue weighted by molar-refractivity contribution is 6.20. The van der Waals surface area contributed by atoms with E-state index in [9.17, 15) is 4.79 Å². The summed E-state index contributed by atoms with van der Waals surface area (Å²) in [6, 6.07) is 9.73. The normalized spacial score (nSPS) is 22.1. The molecule has 1 aliphatic rings. The molecule has 0 aliphatic heterocycles. The Balaban J connectivity index is 1.72. The Morgan fingerprint density at radius 1 is 1.24 bits per heavy atom. The van der Waals surface area contributed by atoms with Gasteiger partial charge in [-0.2, -0.15) is 0 Å². The molecule has 0 radical (unpaired) electrons. The highest BCUT2D eigenvalue weighted by Gasteiger charge is 2.24. The maximum absolute atomic E-state index is 12.4. The second-order valence-corrected chi connectivity index (χ2v) is 6.21. The number of alkyl halides is 1. The lowest BCUT2D eigenvalue weighted by atomic mass is 9.88. The van der Waals surface area contributed by atoms with Crippen molar-refractivity contribution in [3.8, 4) is 0 Å². The number of halogens is 1. The van der Waals surface area contributed by atoms with Gasteiger partial charge in [0.2, 0.25) is 0 Å². The number of nitrogens with one attached hydrogen (secondary N) is 1. The van der Waals surface area contributed by atoms with Crippen LogP contribution >= 0.6 is 11.6 Å². The molecule has 1 saturated carbocycles. The van der Waals surface area contributed by atoms with Crippen molar-refractivity contribution >= 4 is 28.3 Å². The molecule has 1 aromatic heterocycles. The molecule has 4 heteroatoms. The van der Waals surface area contributed by atoms with Crippen molar-refractivity contribution in [2.24, 2.45) is 5.92 Å². The van der Waals surface area contributed by atoms with Crippen molar-refractivity contribution in [1.82, 2.24) is 10.3 Å². The molecule has 1 fully saturated rings. The van der Waals surface area contributed by atoms with Crippen LogP contribution in [0.5, 0.6) is 0 Å². The second-order valence-electron chi connectivity index (χ2n) is 5.65. The quantitative estimate of drug-likeness (QED) is 0.877. The summed E-state index contributed by atoms with van der Waals surface area (Å²) in [6.07, 6.45) is 6.23. The number of rotatable bonds is 3. The topological polar surface area (TPSA) is 42.0 Å². The molecular formula is C17H19ClN2O. The number of benzene rings is 1. The van der Waals surface area contributed by atoms with Crippen LogP contribution < -0.4 is 5.32 Å². The summed E-state index contributed by atoms with van der Waals surface area (Å²) in [6.45, 7) is 0.637. The van der Waals surface area contributed by atoms with E-state index in [2.05, 4.69) is 10.3 Å². The largest absolute Gasteiger partial charge is 0.350 e. The van der Waals surface area contributed by atoms with Gasteiger partial charge < -0.3 is 5.32 Å². The number of pyridine rings is 1. The Hall–Kier alpha value is -1.61. The predicted octanol–water partition coefficient (Wildman–Crippen LogP) is 3.76. The summed E-state index contributed by atoms with van der Waals surface area (Å²) in [5.41, 5.74) is 0.495. The fourth-order valence-electron chi connectivity index (χ4n) is 3.00. The molecule has 2 atom stereocenters. The van der Waals surface area contributed by atoms with Gasteiger partial charge in [0.25, 0.3) is 5.91 Å². The average molecular weight is 303 g/mol. The summed E-state index contributed by atoms with van der Waals surface area (Å²) in [7, 11) is 0. The van der Waals surface area contributed by atoms with Crippen LogP contribution in [-0.2, 0) is 0 Å². The highest BCUT2D eigenvalue weighted by atomic mass is 35.5. The highest BCUT2D eigenvalue weighted by Crippen LogP contribution is 2.28. The third-order valence-electron chi connectivity index (χ3n) is 4.23. The molecule has 3 nitrogen and oxygen atoms in total. The molecule has 1 heterocycles. The molecule has 2 unspecified atom stereocenters. The summed E-state index contributed by atoms with van der Waals surface area (Å²) in [4.78, 5) is 16.6. The van der Waals surface area contributed by atoms with Gasteiger partial charge in [-0.05, 0) is 30.2 Å². The Labute approximate surface area is 129 Å². The molecule has 1 N–H and O–H groups in total. The summed E-state index contributed by atoms with van der Waals surface area (Å²) >= 11 is 6.34. The van der Waals surface area contributed by atoms with Crippen molar-refractivity contribution in [3.63, 3.8) is 0 Å². The van der Waals surface area contributed by atoms with Crippen LogP contribution in [0.4, 0.5) is 0 Å². The minimum Gasteiger partial charge on any atom is -0.350 e. The first-order valence-corrected chi connectivity index (χ1v) is 7.95. The van der Waals surface area contributed by atoms with Gasteiger partial charge in [0.15, 0.2) is 0 Å². The van der Waals surface area contributed by atoms with Crippen LogP contribution in [0.3, 0.4) is 0 Å². The molecule has 1 aliphatic carbocycles. The first-order valence-electron chi connectivity index (χ1n) is 7.52. The number of amides is 1. The second kappa shape index (κ2) is 6.44. The monoisotopic (exact) mass is 302 g/mol. The van der Waals surface area contributed by atoms with Gasteiger partial charge in [-0.15, -0.1) is 11.6 Å². The van der Waals surface area contributed by atoms with E-state index in [4.69, 9.17) is 11.6 Å². The lowest BCUT2D eigenvalue weighted by Crippen LogP contribution is -2.35. The first-order chi connectivity index (χ1) is 10.3. The van der Waals surface area contributed by atoms with Gasteiger partial charge in [0.1, 0.15) is 5.69 Å². The standard InChI is InChI=1S/C17H19ClN2O/c18-15-8-4-2-6-13(15)11-20-17(21)16-14-7-3-1-5-12(14)9-10-19-16/h1,3,5,7,9-10,13,15H,2,4,6,8,11H2,(H,20,21). The Morgan fingerprint density at radius 2 is 2.05 bits per heavy atom. The Morgan fingerprint density at radius 3 is 2.90 bits per heavy atom. The van der Waals surface area contributed by atoms with Crippen LogP contribution in [0, 0.1) is 5.92 Å². The van der Waals surface area contributed by atoms with Crippen molar-refractivity contribution in [2.75, 3.05) is 6.54 Å². The SMILES string of the molecule is O=C(NCC1CCCCC1Cl)c1nccc2ccccc12. The molecule has 0 spiro atoms. The van der Waals surface area contributed by atoms with Crippen LogP contribution in [0.25, 0.3) is 10.8 Å². The molecule has 0 bridgehead atoms. The van der Waals surface area contributed by atoms with Gasteiger partial charge in [-0.3, -0.25) is 9.78 Å². The van der Waals surface area contributed by atoms with Crippen LogP contribution in [0.1, 0.15) is 36.2 Å². The van der Waals surface area contributed by atoms with E-state index in [1.807, 2.05) is 30.3 Å². The zero-order valence-electron chi connectivity index (χ0n) is 11.9. The van der Waals surface area contributed by atoms with Gasteiger partial charge in [-0.25, -0.2) is 0 Å². The Bertz CT molecular complexity index is 638. The fraction of sp³-hybridized carbons (Fsp3) is 0.412. The van der Waals surface area contributed by atoms with E-state index < -0.39 is 0 Å². The lowest BCUT2D eigenvalue weighted by Gasteiger charge is -2.27. The van der Waals surface area contributed by atoms with Gasteiger partial charge in [0, 0.05) is 23.5 Å². The number of carbonyl (C=O) groups is 1. The maximum atomic E-state index is 12.4. The number of nitrogens with zero attached hydrogens (tertiary/aromatic N) is 1. The smallest absolute Gasteiger partial charge is 0.270 e. The molecule has 0 saturated heterocycles. The van der Waals surface area contributed by atoms with E-state index in [-0.39, 0.29) is 11.3 Å². The molecule has 110 valence electrons. The molecule has 21 heavy (non-hydrogen) atoms. The van der Waals surface area contributed by atoms with Crippen LogP contribution in [0.2, 0.25) is 0 Å². The number of carbonyl (C=O) groups excluding carboxylic acids is 1. The zero-order valence-corrected chi connectivity index (χ0v) is 12.6. The van der Waals surface area contributed by atoms with E-state index >= 15 is 0 Å². The van der Waals surface area contributed by atoms with E-state index in [0.29, 0.717) is 18.2 Å². The lowest BCUT2D eigenvalue weighted by molar-refractivity contribution is 0.0941. The van der Waals surface area contributed by atoms with Gasteiger partial charge in [0.05, 0.1) is 0 Å². The average Bonchev–Trinajstić information content (AvgIpc) is 2.53. The van der Waals surface area contributed by atoms with Crippen molar-refractivity contribution in [1.29, 1.82) is 0 Å². The van der Waals surface area contributed by atoms with Crippen molar-refractivity contribution < 1.29 is 4.79 Å². The maximum Gasteiger partial charge on any atom is 0.270 e. The minimum absolute atomic E-state index is 0.110. The van der Waals surface area contributed by atoms with Crippen LogP contribution in [-0.4, -0.2) is 22.8 Å². The van der Waals surface area contributed by atoms with Crippen LogP contribution in [0.15, 0.2) is 36.5 Å². The summed E-state index contributed by atoms with van der Waals surface area (Å²) < 4.78 is 0. The van der Waals surface area contributed by atoms with Crippen molar-refractivity contribution in [3.05, 3.63) is 42.2 Å². The number of aromatic nitrogens is 1. The predicted molar refractivity (Wildman–Crippen MR) is 85.7 cm³/mol. The molecule has 1 amide bonds. The van der Waals surface area contributed by atoms with E-state index in [0.717, 1.165) is 23.6 Å². The van der Waals surface area contributed by atoms with Gasteiger partial charge in [-0.1, -0.05) is 37.1 Å². The minimum atomic E-state index is -0.110. The number of hydrogen-bond donors (Lipinski definition) is 1. The molecule has 3 rings (SSSR count). The summed E-state index contributed by atoms with van der Waals surface area (Å²) in [5.74, 6) is 0.264. The zero-order chi connectivity index (χ0) is 14.7. The summed E-state index contributed by atoms with van der Waals surface area (Å²) in [5, 5.41) is 5.11. The molecule has 2 aromatic rings. The fourth-order valence-corrected chi connectivity index (χ4v) is 3.37. The molecule has 1 aromatic carbocycles. The third-order valence-corrected chi connectivity index (χ3v) is 4.80. The first kappa shape index (κ1) is 14.3. The Kier molecular flexibility index (Phi) is 4.39. The van der Waals surface area contributed by atoms with Crippen molar-refractivity contribution in [2.45, 2.75) is 31.1 Å². The molecular weight excluding hydrogens is 284 g/mol. The van der Waals surface area contributed by atoms with E-state index in [1.54, 1.807) is 6.20 Å². The third kappa shape index (κ3) is 3.18. The number of fused-ring (bicyclic) bond motifs is 1. The van der Waals surface area contributed by atoms with Gasteiger partial charge >= 0.3 is 0 Å². The van der Waals surface area contributed by atoms with E-state index in [1.165, 1.54) is 12.8 Å². The number of hydrogen-bond acceptors (Lipinski definition) is 2.